The van der Waals surface area contributed by atoms with Gasteiger partial charge in [-0.1, -0.05) is 12.1 Å². The van der Waals surface area contributed by atoms with E-state index in [2.05, 4.69) is 10.6 Å². The fraction of sp³-hybridized carbons (Fsp3) is 0.278. The quantitative estimate of drug-likeness (QED) is 0.906. The summed E-state index contributed by atoms with van der Waals surface area (Å²) in [5, 5.41) is 5.60. The molecule has 0 fully saturated rings. The molecule has 0 radical (unpaired) electrons. The number of methoxy groups -OCH3 is 1. The first kappa shape index (κ1) is 16.1. The molecule has 1 unspecified atom stereocenters. The van der Waals surface area contributed by atoms with Gasteiger partial charge >= 0.3 is 6.03 Å². The smallest absolute Gasteiger partial charge is 0.315 e. The number of carbonyl (C=O) groups excluding carboxylic acids is 1. The van der Waals surface area contributed by atoms with Crippen molar-refractivity contribution in [2.45, 2.75) is 19.0 Å². The van der Waals surface area contributed by atoms with Gasteiger partial charge < -0.3 is 20.1 Å². The minimum atomic E-state index is -0.319. The molecule has 126 valence electrons. The average Bonchev–Trinajstić information content (AvgIpc) is 2.59. The number of rotatable bonds is 4. The molecule has 0 saturated carbocycles. The molecule has 1 aliphatic rings. The molecule has 2 aromatic rings. The Hall–Kier alpha value is -2.76. The Morgan fingerprint density at radius 2 is 2.21 bits per heavy atom. The first-order chi connectivity index (χ1) is 11.6. The summed E-state index contributed by atoms with van der Waals surface area (Å²) in [7, 11) is 1.61. The second-order valence-electron chi connectivity index (χ2n) is 5.64. The molecular formula is C18H19FN2O3. The number of ether oxygens (including phenoxy) is 2. The van der Waals surface area contributed by atoms with Crippen molar-refractivity contribution in [2.75, 3.05) is 13.7 Å². The summed E-state index contributed by atoms with van der Waals surface area (Å²) >= 11 is 0. The van der Waals surface area contributed by atoms with Crippen molar-refractivity contribution < 1.29 is 18.7 Å². The van der Waals surface area contributed by atoms with Gasteiger partial charge in [-0.05, 0) is 47.9 Å². The molecule has 1 heterocycles. The summed E-state index contributed by atoms with van der Waals surface area (Å²) in [5.74, 6) is 1.25. The highest BCUT2D eigenvalue weighted by Crippen LogP contribution is 2.28. The Bertz CT molecular complexity index is 736. The maximum atomic E-state index is 13.1. The van der Waals surface area contributed by atoms with E-state index < -0.39 is 0 Å². The maximum absolute atomic E-state index is 13.1. The highest BCUT2D eigenvalue weighted by atomic mass is 19.1. The van der Waals surface area contributed by atoms with Gasteiger partial charge in [0, 0.05) is 6.54 Å². The topological polar surface area (TPSA) is 59.6 Å². The number of hydrogen-bond donors (Lipinski definition) is 2. The van der Waals surface area contributed by atoms with Crippen LogP contribution in [0.25, 0.3) is 0 Å². The van der Waals surface area contributed by atoms with Crippen LogP contribution >= 0.6 is 0 Å². The lowest BCUT2D eigenvalue weighted by molar-refractivity contribution is 0.214. The van der Waals surface area contributed by atoms with Crippen LogP contribution < -0.4 is 20.1 Å². The molecule has 2 aromatic carbocycles. The predicted molar refractivity (Wildman–Crippen MR) is 87.8 cm³/mol. The summed E-state index contributed by atoms with van der Waals surface area (Å²) in [6.07, 6.45) is 0.667. The lowest BCUT2D eigenvalue weighted by Crippen LogP contribution is -2.47. The largest absolute Gasteiger partial charge is 0.497 e. The Morgan fingerprint density at radius 3 is 3.00 bits per heavy atom. The zero-order valence-corrected chi connectivity index (χ0v) is 13.3. The van der Waals surface area contributed by atoms with E-state index in [1.807, 2.05) is 18.2 Å². The van der Waals surface area contributed by atoms with Crippen molar-refractivity contribution in [3.8, 4) is 11.5 Å². The van der Waals surface area contributed by atoms with E-state index in [4.69, 9.17) is 9.47 Å². The molecule has 6 heteroatoms. The first-order valence-electron chi connectivity index (χ1n) is 7.72. The van der Waals surface area contributed by atoms with E-state index in [1.165, 1.54) is 12.1 Å². The minimum Gasteiger partial charge on any atom is -0.497 e. The van der Waals surface area contributed by atoms with Crippen molar-refractivity contribution in [3.05, 3.63) is 59.4 Å². The number of amides is 2. The van der Waals surface area contributed by atoms with E-state index >= 15 is 0 Å². The van der Waals surface area contributed by atoms with E-state index in [9.17, 15) is 9.18 Å². The highest BCUT2D eigenvalue weighted by molar-refractivity contribution is 5.74. The molecule has 5 nitrogen and oxygen atoms in total. The lowest BCUT2D eigenvalue weighted by Gasteiger charge is -2.26. The summed E-state index contributed by atoms with van der Waals surface area (Å²) in [6, 6.07) is 11.3. The van der Waals surface area contributed by atoms with Crippen molar-refractivity contribution >= 4 is 6.03 Å². The molecule has 2 N–H and O–H groups in total. The lowest BCUT2D eigenvalue weighted by atomic mass is 10.0. The van der Waals surface area contributed by atoms with Crippen LogP contribution in [0, 0.1) is 5.82 Å². The average molecular weight is 330 g/mol. The SMILES string of the molecule is COc1ccc2c(c1)CC(NC(=O)NCc1cccc(F)c1)CO2. The van der Waals surface area contributed by atoms with Gasteiger partial charge in [-0.15, -0.1) is 0 Å². The second-order valence-corrected chi connectivity index (χ2v) is 5.64. The molecular weight excluding hydrogens is 311 g/mol. The number of benzene rings is 2. The van der Waals surface area contributed by atoms with Crippen molar-refractivity contribution in [2.24, 2.45) is 0 Å². The van der Waals surface area contributed by atoms with Gasteiger partial charge in [-0.25, -0.2) is 9.18 Å². The van der Waals surface area contributed by atoms with Gasteiger partial charge in [-0.3, -0.25) is 0 Å². The van der Waals surface area contributed by atoms with Crippen molar-refractivity contribution in [1.82, 2.24) is 10.6 Å². The normalized spacial score (nSPS) is 15.8. The fourth-order valence-electron chi connectivity index (χ4n) is 2.66. The van der Waals surface area contributed by atoms with E-state index in [0.29, 0.717) is 18.6 Å². The molecule has 0 aromatic heterocycles. The molecule has 2 amide bonds. The van der Waals surface area contributed by atoms with Crippen LogP contribution in [0.4, 0.5) is 9.18 Å². The second kappa shape index (κ2) is 7.21. The molecule has 0 aliphatic carbocycles. The third-order valence-corrected chi connectivity index (χ3v) is 3.85. The maximum Gasteiger partial charge on any atom is 0.315 e. The van der Waals surface area contributed by atoms with E-state index in [0.717, 1.165) is 17.1 Å². The zero-order chi connectivity index (χ0) is 16.9. The number of nitrogens with one attached hydrogen (secondary N) is 2. The van der Waals surface area contributed by atoms with E-state index in [-0.39, 0.29) is 24.4 Å². The Labute approximate surface area is 139 Å². The first-order valence-corrected chi connectivity index (χ1v) is 7.72. The summed E-state index contributed by atoms with van der Waals surface area (Å²) in [5.41, 5.74) is 1.70. The minimum absolute atomic E-state index is 0.128. The summed E-state index contributed by atoms with van der Waals surface area (Å²) in [6.45, 7) is 0.675. The zero-order valence-electron chi connectivity index (χ0n) is 13.3. The highest BCUT2D eigenvalue weighted by Gasteiger charge is 2.21. The Morgan fingerprint density at radius 1 is 1.33 bits per heavy atom. The summed E-state index contributed by atoms with van der Waals surface area (Å²) in [4.78, 5) is 12.0. The number of fused-ring (bicyclic) bond motifs is 1. The summed E-state index contributed by atoms with van der Waals surface area (Å²) < 4.78 is 24.0. The number of hydrogen-bond acceptors (Lipinski definition) is 3. The van der Waals surface area contributed by atoms with Crippen LogP contribution in [0.2, 0.25) is 0 Å². The molecule has 1 aliphatic heterocycles. The van der Waals surface area contributed by atoms with Gasteiger partial charge in [0.15, 0.2) is 0 Å². The molecule has 24 heavy (non-hydrogen) atoms. The van der Waals surface area contributed by atoms with Crippen LogP contribution in [0.15, 0.2) is 42.5 Å². The van der Waals surface area contributed by atoms with E-state index in [1.54, 1.807) is 19.2 Å². The number of carbonyl (C=O) groups is 1. The molecule has 0 bridgehead atoms. The van der Waals surface area contributed by atoms with Crippen LogP contribution in [-0.4, -0.2) is 25.8 Å². The van der Waals surface area contributed by atoms with Crippen LogP contribution in [-0.2, 0) is 13.0 Å². The predicted octanol–water partition coefficient (Wildman–Crippen LogP) is 2.64. The third kappa shape index (κ3) is 3.95. The monoisotopic (exact) mass is 330 g/mol. The van der Waals surface area contributed by atoms with Crippen molar-refractivity contribution in [3.63, 3.8) is 0 Å². The van der Waals surface area contributed by atoms with Gasteiger partial charge in [0.1, 0.15) is 23.9 Å². The van der Waals surface area contributed by atoms with Crippen LogP contribution in [0.3, 0.4) is 0 Å². The number of halogens is 1. The standard InChI is InChI=1S/C18H19FN2O3/c1-23-16-5-6-17-13(9-16)8-15(11-24-17)21-18(22)20-10-12-3-2-4-14(19)7-12/h2-7,9,15H,8,10-11H2,1H3,(H2,20,21,22). The third-order valence-electron chi connectivity index (χ3n) is 3.85. The molecule has 3 rings (SSSR count). The molecule has 0 saturated heterocycles. The molecule has 1 atom stereocenters. The molecule has 0 spiro atoms. The fourth-order valence-corrected chi connectivity index (χ4v) is 2.66. The van der Waals surface area contributed by atoms with Gasteiger partial charge in [0.25, 0.3) is 0 Å². The Balaban J connectivity index is 1.53. The number of urea groups is 1. The van der Waals surface area contributed by atoms with Crippen LogP contribution in [0.5, 0.6) is 11.5 Å². The van der Waals surface area contributed by atoms with Gasteiger partial charge in [-0.2, -0.15) is 0 Å². The van der Waals surface area contributed by atoms with Gasteiger partial charge in [0.2, 0.25) is 0 Å². The van der Waals surface area contributed by atoms with Crippen molar-refractivity contribution in [1.29, 1.82) is 0 Å². The van der Waals surface area contributed by atoms with Crippen LogP contribution in [0.1, 0.15) is 11.1 Å². The van der Waals surface area contributed by atoms with Gasteiger partial charge in [0.05, 0.1) is 13.2 Å². The Kier molecular flexibility index (Phi) is 4.84.